The lowest BCUT2D eigenvalue weighted by Crippen LogP contribution is -2.42. The normalized spacial score (nSPS) is 13.1. The molecule has 12 nitrogen and oxygen atoms in total. The van der Waals surface area contributed by atoms with E-state index in [2.05, 4.69) is 35.8 Å². The SMILES string of the molecule is O.O.O.O.O.O.O.O.O.S=C1N=CN(S)C(S)N1. The largest absolute Gasteiger partial charge is 0.412 e. The van der Waals surface area contributed by atoms with Gasteiger partial charge in [-0.3, -0.25) is 4.31 Å². The van der Waals surface area contributed by atoms with Crippen molar-refractivity contribution in [1.82, 2.24) is 9.62 Å². The van der Waals surface area contributed by atoms with Gasteiger partial charge in [-0.25, -0.2) is 4.99 Å². The van der Waals surface area contributed by atoms with Crippen molar-refractivity contribution in [3.05, 3.63) is 0 Å². The van der Waals surface area contributed by atoms with Crippen molar-refractivity contribution in [2.24, 2.45) is 4.99 Å². The van der Waals surface area contributed by atoms with Gasteiger partial charge in [-0.2, -0.15) is 0 Å². The van der Waals surface area contributed by atoms with Crippen molar-refractivity contribution < 1.29 is 49.3 Å². The Morgan fingerprint density at radius 3 is 1.56 bits per heavy atom. The maximum absolute atomic E-state index is 4.72. The third kappa shape index (κ3) is 21.0. The lowest BCUT2D eigenvalue weighted by atomic mass is 10.8. The first-order chi connectivity index (χ1) is 4.20. The third-order valence-corrected chi connectivity index (χ3v) is 1.91. The molecule has 1 atom stereocenters. The van der Waals surface area contributed by atoms with Gasteiger partial charge in [-0.15, -0.1) is 12.6 Å². The molecule has 1 rings (SSSR count). The van der Waals surface area contributed by atoms with Crippen LogP contribution in [0.1, 0.15) is 0 Å². The second kappa shape index (κ2) is 30.1. The summed E-state index contributed by atoms with van der Waals surface area (Å²) in [5.74, 6) is 0. The minimum absolute atomic E-state index is 0. The first-order valence-electron chi connectivity index (χ1n) is 2.20. The van der Waals surface area contributed by atoms with Crippen LogP contribution in [0.5, 0.6) is 0 Å². The van der Waals surface area contributed by atoms with Crippen molar-refractivity contribution in [3.63, 3.8) is 0 Å². The molecule has 0 saturated carbocycles. The number of thiol groups is 2. The highest BCUT2D eigenvalue weighted by atomic mass is 32.1. The summed E-state index contributed by atoms with van der Waals surface area (Å²) in [4.78, 5) is 3.76. The van der Waals surface area contributed by atoms with Gasteiger partial charge < -0.3 is 54.6 Å². The van der Waals surface area contributed by atoms with Crippen LogP contribution in [-0.2, 0) is 0 Å². The average molecular weight is 341 g/mol. The van der Waals surface area contributed by atoms with Gasteiger partial charge in [0, 0.05) is 0 Å². The molecular formula is C3H23N3O9S3. The molecule has 15 heteroatoms. The van der Waals surface area contributed by atoms with Gasteiger partial charge in [0.25, 0.3) is 0 Å². The number of aliphatic imine (C=N–C) groups is 1. The fourth-order valence-corrected chi connectivity index (χ4v) is 0.926. The number of rotatable bonds is 0. The molecule has 0 aromatic carbocycles. The van der Waals surface area contributed by atoms with Gasteiger partial charge in [0.2, 0.25) is 0 Å². The van der Waals surface area contributed by atoms with Gasteiger partial charge in [0.1, 0.15) is 6.34 Å². The smallest absolute Gasteiger partial charge is 0.196 e. The van der Waals surface area contributed by atoms with Crippen molar-refractivity contribution in [3.8, 4) is 0 Å². The van der Waals surface area contributed by atoms with E-state index >= 15 is 0 Å². The molecule has 0 spiro atoms. The van der Waals surface area contributed by atoms with Gasteiger partial charge in [0.15, 0.2) is 10.6 Å². The predicted molar refractivity (Wildman–Crippen MR) is 80.3 cm³/mol. The molecule has 19 N–H and O–H groups in total. The van der Waals surface area contributed by atoms with Crippen molar-refractivity contribution in [2.45, 2.75) is 5.50 Å². The Kier molecular flexibility index (Phi) is 109. The lowest BCUT2D eigenvalue weighted by Gasteiger charge is -2.24. The number of thiocarbonyl (C=S) groups is 1. The molecule has 0 aliphatic carbocycles. The van der Waals surface area contributed by atoms with Crippen molar-refractivity contribution in [1.29, 1.82) is 0 Å². The fourth-order valence-electron chi connectivity index (χ4n) is 0.389. The van der Waals surface area contributed by atoms with Gasteiger partial charge >= 0.3 is 0 Å². The van der Waals surface area contributed by atoms with E-state index in [9.17, 15) is 0 Å². The zero-order valence-electron chi connectivity index (χ0n) is 8.85. The molecule has 0 aromatic rings. The number of nitrogens with one attached hydrogen (secondary N) is 1. The van der Waals surface area contributed by atoms with Crippen LogP contribution < -0.4 is 5.32 Å². The van der Waals surface area contributed by atoms with Crippen molar-refractivity contribution in [2.75, 3.05) is 0 Å². The minimum Gasteiger partial charge on any atom is -0.412 e. The topological polar surface area (TPSA) is 311 Å². The Morgan fingerprint density at radius 1 is 1.00 bits per heavy atom. The monoisotopic (exact) mass is 341 g/mol. The molecule has 1 heterocycles. The van der Waals surface area contributed by atoms with E-state index < -0.39 is 0 Å². The van der Waals surface area contributed by atoms with Gasteiger partial charge in [-0.1, -0.05) is 12.8 Å². The van der Waals surface area contributed by atoms with E-state index in [1.165, 1.54) is 10.6 Å². The maximum Gasteiger partial charge on any atom is 0.196 e. The number of hydrogen-bond donors (Lipinski definition) is 3. The highest BCUT2D eigenvalue weighted by Gasteiger charge is 2.12. The molecule has 0 aromatic heterocycles. The molecule has 1 aliphatic rings. The van der Waals surface area contributed by atoms with E-state index in [-0.39, 0.29) is 54.8 Å². The molecule has 0 amide bonds. The van der Waals surface area contributed by atoms with Gasteiger partial charge in [-0.05, 0) is 12.2 Å². The molecule has 1 unspecified atom stereocenters. The Hall–Kier alpha value is -0.300. The zero-order valence-corrected chi connectivity index (χ0v) is 11.5. The second-order valence-corrected chi connectivity index (χ2v) is 2.79. The van der Waals surface area contributed by atoms with E-state index in [1.807, 2.05) is 0 Å². The molecule has 0 bridgehead atoms. The highest BCUT2D eigenvalue weighted by molar-refractivity contribution is 7.84. The van der Waals surface area contributed by atoms with E-state index in [1.54, 1.807) is 0 Å². The summed E-state index contributed by atoms with van der Waals surface area (Å²) < 4.78 is 1.51. The summed E-state index contributed by atoms with van der Waals surface area (Å²) in [6, 6.07) is 0. The Bertz CT molecular complexity index is 174. The summed E-state index contributed by atoms with van der Waals surface area (Å²) in [5.41, 5.74) is -0.168. The van der Waals surface area contributed by atoms with E-state index in [0.29, 0.717) is 5.11 Å². The van der Waals surface area contributed by atoms with Crippen LogP contribution in [0.15, 0.2) is 4.99 Å². The molecular weight excluding hydrogens is 318 g/mol. The number of nitrogens with zero attached hydrogens (tertiary/aromatic N) is 2. The Balaban J connectivity index is -0.0000000129. The van der Waals surface area contributed by atoms with E-state index in [0.717, 1.165) is 0 Å². The average Bonchev–Trinajstić information content (AvgIpc) is 1.80. The fraction of sp³-hybridized carbons (Fsp3) is 0.333. The Labute approximate surface area is 119 Å². The zero-order chi connectivity index (χ0) is 6.85. The lowest BCUT2D eigenvalue weighted by molar-refractivity contribution is 0.602. The summed E-state index contributed by atoms with van der Waals surface area (Å²) in [5, 5.41) is 3.22. The quantitative estimate of drug-likeness (QED) is 0.285. The van der Waals surface area contributed by atoms with Crippen LogP contribution in [-0.4, -0.2) is 70.5 Å². The first-order valence-corrected chi connectivity index (χ1v) is 3.52. The first kappa shape index (κ1) is 65.2. The molecule has 1 aliphatic heterocycles. The molecule has 0 radical (unpaired) electrons. The maximum atomic E-state index is 4.72. The molecule has 0 fully saturated rings. The summed E-state index contributed by atoms with van der Waals surface area (Å²) in [7, 11) is 0. The molecule has 18 heavy (non-hydrogen) atoms. The van der Waals surface area contributed by atoms with Gasteiger partial charge in [0.05, 0.1) is 0 Å². The van der Waals surface area contributed by atoms with Crippen molar-refractivity contribution >= 4 is 49.1 Å². The standard InChI is InChI=1S/C3H5N3S3.9H2O/c7-2-4-1-6(9)3(8)5-2;;;;;;;;;/h1,3,8-9H,(H,5,7);9*1H2. The van der Waals surface area contributed by atoms with Crippen LogP contribution >= 0.6 is 37.7 Å². The minimum atomic E-state index is -0.168. The highest BCUT2D eigenvalue weighted by Crippen LogP contribution is 2.04. The summed E-state index contributed by atoms with van der Waals surface area (Å²) >= 11 is 12.8. The summed E-state index contributed by atoms with van der Waals surface area (Å²) in [6.45, 7) is 0. The Morgan fingerprint density at radius 2 is 1.33 bits per heavy atom. The summed E-state index contributed by atoms with van der Waals surface area (Å²) in [6.07, 6.45) is 1.51. The second-order valence-electron chi connectivity index (χ2n) is 1.45. The number of hydrogen-bond acceptors (Lipinski definition) is 4. The van der Waals surface area contributed by atoms with Crippen LogP contribution in [0, 0.1) is 0 Å². The third-order valence-electron chi connectivity index (χ3n) is 0.796. The molecule has 122 valence electrons. The van der Waals surface area contributed by atoms with Crippen LogP contribution in [0.3, 0.4) is 0 Å². The molecule has 0 saturated heterocycles. The van der Waals surface area contributed by atoms with Crippen LogP contribution in [0.4, 0.5) is 0 Å². The van der Waals surface area contributed by atoms with Crippen LogP contribution in [0.2, 0.25) is 0 Å². The van der Waals surface area contributed by atoms with Crippen LogP contribution in [0.25, 0.3) is 0 Å². The van der Waals surface area contributed by atoms with E-state index in [4.69, 9.17) is 12.2 Å². The predicted octanol–water partition coefficient (Wildman–Crippen LogP) is -7.16.